The van der Waals surface area contributed by atoms with Crippen LogP contribution < -0.4 is 5.32 Å². The Morgan fingerprint density at radius 3 is 2.54 bits per heavy atom. The lowest BCUT2D eigenvalue weighted by molar-refractivity contribution is -0.385. The summed E-state index contributed by atoms with van der Waals surface area (Å²) in [6.45, 7) is 2.58. The maximum atomic E-state index is 10.9. The normalized spacial score (nSPS) is 10.5. The Bertz CT molecular complexity index is 927. The summed E-state index contributed by atoms with van der Waals surface area (Å²) in [5.41, 5.74) is 2.59. The van der Waals surface area contributed by atoms with Crippen LogP contribution in [0.2, 0.25) is 0 Å². The van der Waals surface area contributed by atoms with Crippen LogP contribution in [0.4, 0.5) is 11.4 Å². The molecule has 6 heteroatoms. The fourth-order valence-electron chi connectivity index (χ4n) is 2.46. The van der Waals surface area contributed by atoms with Gasteiger partial charge in [-0.05, 0) is 42.8 Å². The van der Waals surface area contributed by atoms with Crippen LogP contribution in [-0.4, -0.2) is 10.0 Å². The monoisotopic (exact) mass is 366 g/mol. The van der Waals surface area contributed by atoms with Gasteiger partial charge in [0.15, 0.2) is 5.75 Å². The van der Waals surface area contributed by atoms with Crippen molar-refractivity contribution >= 4 is 23.1 Å². The van der Waals surface area contributed by atoms with Crippen LogP contribution in [0.3, 0.4) is 0 Å². The molecule has 0 saturated heterocycles. The highest BCUT2D eigenvalue weighted by Gasteiger charge is 2.13. The number of benzene rings is 3. The highest BCUT2D eigenvalue weighted by atomic mass is 32.2. The summed E-state index contributed by atoms with van der Waals surface area (Å²) in [4.78, 5) is 12.6. The van der Waals surface area contributed by atoms with Gasteiger partial charge in [-0.3, -0.25) is 10.1 Å². The van der Waals surface area contributed by atoms with Gasteiger partial charge in [-0.1, -0.05) is 47.7 Å². The minimum Gasteiger partial charge on any atom is -0.502 e. The van der Waals surface area contributed by atoms with Gasteiger partial charge in [0.1, 0.15) is 0 Å². The smallest absolute Gasteiger partial charge is 0.312 e. The molecular weight excluding hydrogens is 348 g/mol. The van der Waals surface area contributed by atoms with Gasteiger partial charge >= 0.3 is 5.69 Å². The molecule has 5 nitrogen and oxygen atoms in total. The molecule has 0 aliphatic heterocycles. The quantitative estimate of drug-likeness (QED) is 0.348. The molecule has 26 heavy (non-hydrogen) atoms. The maximum Gasteiger partial charge on any atom is 0.312 e. The summed E-state index contributed by atoms with van der Waals surface area (Å²) in [5.74, 6) is -0.337. The standard InChI is InChI=1S/C20H18N2O3S/c1-14-6-9-17(10-7-14)26-20-5-3-2-4-15(20)13-21-16-8-11-19(23)18(12-16)22(24)25/h2-12,21,23H,13H2,1H3. The molecule has 0 fully saturated rings. The molecule has 0 bridgehead atoms. The fourth-order valence-corrected chi connectivity index (χ4v) is 3.40. The zero-order valence-corrected chi connectivity index (χ0v) is 15.0. The average Bonchev–Trinajstić information content (AvgIpc) is 2.64. The van der Waals surface area contributed by atoms with Crippen molar-refractivity contribution in [3.05, 3.63) is 88.0 Å². The number of nitro benzene ring substituents is 1. The largest absolute Gasteiger partial charge is 0.502 e. The Hall–Kier alpha value is -2.99. The lowest BCUT2D eigenvalue weighted by Crippen LogP contribution is -2.01. The predicted octanol–water partition coefficient (Wildman–Crippen LogP) is 5.37. The van der Waals surface area contributed by atoms with Crippen molar-refractivity contribution in [1.82, 2.24) is 0 Å². The van der Waals surface area contributed by atoms with Gasteiger partial charge in [0.25, 0.3) is 0 Å². The second kappa shape index (κ2) is 7.93. The molecule has 0 radical (unpaired) electrons. The molecule has 0 aliphatic rings. The number of rotatable bonds is 6. The summed E-state index contributed by atoms with van der Waals surface area (Å²) in [6, 6.07) is 20.7. The molecule has 3 aromatic rings. The number of nitrogens with zero attached hydrogens (tertiary/aromatic N) is 1. The van der Waals surface area contributed by atoms with Gasteiger partial charge in [-0.15, -0.1) is 0 Å². The van der Waals surface area contributed by atoms with Crippen LogP contribution >= 0.6 is 11.8 Å². The molecule has 2 N–H and O–H groups in total. The molecule has 0 amide bonds. The van der Waals surface area contributed by atoms with Crippen LogP contribution in [-0.2, 0) is 6.54 Å². The number of nitrogens with one attached hydrogen (secondary N) is 1. The second-order valence-electron chi connectivity index (χ2n) is 5.84. The van der Waals surface area contributed by atoms with E-state index in [4.69, 9.17) is 0 Å². The number of anilines is 1. The molecule has 3 aromatic carbocycles. The van der Waals surface area contributed by atoms with Gasteiger partial charge in [0, 0.05) is 28.1 Å². The summed E-state index contributed by atoms with van der Waals surface area (Å²) >= 11 is 1.68. The Kier molecular flexibility index (Phi) is 5.43. The van der Waals surface area contributed by atoms with E-state index >= 15 is 0 Å². The number of aryl methyl sites for hydroxylation is 1. The van der Waals surface area contributed by atoms with E-state index in [-0.39, 0.29) is 11.4 Å². The Labute approximate surface area is 155 Å². The topological polar surface area (TPSA) is 75.4 Å². The van der Waals surface area contributed by atoms with Gasteiger partial charge in [0.05, 0.1) is 4.92 Å². The highest BCUT2D eigenvalue weighted by Crippen LogP contribution is 2.32. The van der Waals surface area contributed by atoms with E-state index in [0.717, 1.165) is 15.4 Å². The number of hydrogen-bond donors (Lipinski definition) is 2. The third kappa shape index (κ3) is 4.34. The molecule has 0 saturated carbocycles. The first-order chi connectivity index (χ1) is 12.5. The van der Waals surface area contributed by atoms with Crippen molar-refractivity contribution in [2.24, 2.45) is 0 Å². The molecule has 0 unspecified atom stereocenters. The summed E-state index contributed by atoms with van der Waals surface area (Å²) in [6.07, 6.45) is 0. The molecular formula is C20H18N2O3S. The zero-order chi connectivity index (χ0) is 18.5. The van der Waals surface area contributed by atoms with Crippen LogP contribution in [0.5, 0.6) is 5.75 Å². The summed E-state index contributed by atoms with van der Waals surface area (Å²) in [5, 5.41) is 23.7. The molecule has 0 aromatic heterocycles. The third-order valence-corrected chi connectivity index (χ3v) is 5.00. The first-order valence-corrected chi connectivity index (χ1v) is 8.88. The summed E-state index contributed by atoms with van der Waals surface area (Å²) < 4.78 is 0. The maximum absolute atomic E-state index is 10.9. The van der Waals surface area contributed by atoms with Gasteiger partial charge < -0.3 is 10.4 Å². The molecule has 0 atom stereocenters. The Morgan fingerprint density at radius 2 is 1.81 bits per heavy atom. The van der Waals surface area contributed by atoms with E-state index in [1.165, 1.54) is 17.7 Å². The number of hydrogen-bond acceptors (Lipinski definition) is 5. The number of aromatic hydroxyl groups is 1. The van der Waals surface area contributed by atoms with Crippen molar-refractivity contribution in [2.45, 2.75) is 23.3 Å². The van der Waals surface area contributed by atoms with E-state index in [2.05, 4.69) is 42.6 Å². The van der Waals surface area contributed by atoms with Gasteiger partial charge in [-0.2, -0.15) is 0 Å². The average molecular weight is 366 g/mol. The highest BCUT2D eigenvalue weighted by molar-refractivity contribution is 7.99. The lowest BCUT2D eigenvalue weighted by Gasteiger charge is -2.11. The summed E-state index contributed by atoms with van der Waals surface area (Å²) in [7, 11) is 0. The predicted molar refractivity (Wildman–Crippen MR) is 104 cm³/mol. The van der Waals surface area contributed by atoms with Crippen molar-refractivity contribution in [3.8, 4) is 5.75 Å². The number of phenolic OH excluding ortho intramolecular Hbond substituents is 1. The molecule has 3 rings (SSSR count). The van der Waals surface area contributed by atoms with Gasteiger partial charge in [-0.25, -0.2) is 0 Å². The molecule has 0 spiro atoms. The first-order valence-electron chi connectivity index (χ1n) is 8.06. The minimum atomic E-state index is -0.596. The van der Waals surface area contributed by atoms with E-state index in [1.54, 1.807) is 17.8 Å². The van der Waals surface area contributed by atoms with Crippen LogP contribution in [0.25, 0.3) is 0 Å². The van der Waals surface area contributed by atoms with Crippen molar-refractivity contribution in [1.29, 1.82) is 0 Å². The van der Waals surface area contributed by atoms with Crippen molar-refractivity contribution in [2.75, 3.05) is 5.32 Å². The van der Waals surface area contributed by atoms with Crippen LogP contribution in [0, 0.1) is 17.0 Å². The number of nitro groups is 1. The second-order valence-corrected chi connectivity index (χ2v) is 6.95. The molecule has 0 heterocycles. The van der Waals surface area contributed by atoms with E-state index in [9.17, 15) is 15.2 Å². The zero-order valence-electron chi connectivity index (χ0n) is 14.2. The third-order valence-electron chi connectivity index (χ3n) is 3.88. The van der Waals surface area contributed by atoms with E-state index in [0.29, 0.717) is 12.2 Å². The fraction of sp³-hybridized carbons (Fsp3) is 0.100. The Balaban J connectivity index is 1.75. The SMILES string of the molecule is Cc1ccc(Sc2ccccc2CNc2ccc(O)c([N+](=O)[O-])c2)cc1. The molecule has 0 aliphatic carbocycles. The van der Waals surface area contributed by atoms with Crippen molar-refractivity contribution in [3.63, 3.8) is 0 Å². The first kappa shape index (κ1) is 17.8. The Morgan fingerprint density at radius 1 is 1.08 bits per heavy atom. The minimum absolute atomic E-state index is 0.308. The van der Waals surface area contributed by atoms with E-state index in [1.807, 2.05) is 18.2 Å². The molecule has 132 valence electrons. The number of phenols is 1. The van der Waals surface area contributed by atoms with Gasteiger partial charge in [0.2, 0.25) is 0 Å². The van der Waals surface area contributed by atoms with E-state index < -0.39 is 4.92 Å². The van der Waals surface area contributed by atoms with Crippen molar-refractivity contribution < 1.29 is 10.0 Å². The van der Waals surface area contributed by atoms with Crippen LogP contribution in [0.15, 0.2) is 76.5 Å². The van der Waals surface area contributed by atoms with Crippen LogP contribution in [0.1, 0.15) is 11.1 Å². The lowest BCUT2D eigenvalue weighted by atomic mass is 10.2.